The van der Waals surface area contributed by atoms with Crippen molar-refractivity contribution in [2.75, 3.05) is 10.6 Å². The second-order valence-electron chi connectivity index (χ2n) is 5.83. The lowest BCUT2D eigenvalue weighted by Gasteiger charge is -2.21. The van der Waals surface area contributed by atoms with Crippen molar-refractivity contribution in [3.63, 3.8) is 0 Å². The zero-order valence-corrected chi connectivity index (χ0v) is 14.1. The fraction of sp³-hybridized carbons (Fsp3) is 0.167. The lowest BCUT2D eigenvalue weighted by Crippen LogP contribution is -2.45. The summed E-state index contributed by atoms with van der Waals surface area (Å²) in [5.41, 5.74) is 1.51. The van der Waals surface area contributed by atoms with Crippen molar-refractivity contribution in [1.29, 1.82) is 0 Å². The number of rotatable bonds is 4. The lowest BCUT2D eigenvalue weighted by molar-refractivity contribution is -0.119. The van der Waals surface area contributed by atoms with Gasteiger partial charge in [-0.15, -0.1) is 0 Å². The second-order valence-corrected chi connectivity index (χ2v) is 5.83. The number of amides is 4. The number of benzene rings is 1. The first kappa shape index (κ1) is 17.3. The average Bonchev–Trinajstić information content (AvgIpc) is 2.87. The molecule has 4 amide bonds. The van der Waals surface area contributed by atoms with Crippen LogP contribution in [0.25, 0.3) is 0 Å². The molecule has 1 aliphatic rings. The second kappa shape index (κ2) is 6.75. The summed E-state index contributed by atoms with van der Waals surface area (Å²) in [7, 11) is 0. The lowest BCUT2D eigenvalue weighted by atomic mass is 10.2. The molecule has 26 heavy (non-hydrogen) atoms. The number of imide groups is 1. The van der Waals surface area contributed by atoms with E-state index in [1.54, 1.807) is 24.3 Å². The van der Waals surface area contributed by atoms with Gasteiger partial charge in [-0.2, -0.15) is 0 Å². The zero-order valence-electron chi connectivity index (χ0n) is 14.1. The fourth-order valence-electron chi connectivity index (χ4n) is 2.66. The maximum Gasteiger partial charge on any atom is 0.263 e. The number of pyridine rings is 1. The van der Waals surface area contributed by atoms with Crippen LogP contribution in [0.4, 0.5) is 11.4 Å². The summed E-state index contributed by atoms with van der Waals surface area (Å²) in [6, 6.07) is 6.97. The molecular weight excluding hydrogens is 336 g/mol. The van der Waals surface area contributed by atoms with Crippen molar-refractivity contribution >= 4 is 35.0 Å². The largest absolute Gasteiger partial charge is 0.326 e. The van der Waals surface area contributed by atoms with Crippen LogP contribution in [0.3, 0.4) is 0 Å². The molecule has 0 saturated heterocycles. The van der Waals surface area contributed by atoms with Crippen LogP contribution in [0.1, 0.15) is 34.6 Å². The highest BCUT2D eigenvalue weighted by Crippen LogP contribution is 2.24. The van der Waals surface area contributed by atoms with E-state index in [1.807, 2.05) is 0 Å². The molecule has 0 bridgehead atoms. The highest BCUT2D eigenvalue weighted by Gasteiger charge is 2.40. The molecule has 1 aliphatic heterocycles. The molecule has 8 nitrogen and oxygen atoms in total. The van der Waals surface area contributed by atoms with Crippen molar-refractivity contribution < 1.29 is 19.2 Å². The summed E-state index contributed by atoms with van der Waals surface area (Å²) in [6.07, 6.45) is 2.75. The van der Waals surface area contributed by atoms with Crippen LogP contribution in [0, 0.1) is 0 Å². The highest BCUT2D eigenvalue weighted by atomic mass is 16.2. The van der Waals surface area contributed by atoms with E-state index in [2.05, 4.69) is 15.6 Å². The Bertz CT molecular complexity index is 873. The van der Waals surface area contributed by atoms with Crippen molar-refractivity contribution in [2.24, 2.45) is 0 Å². The van der Waals surface area contributed by atoms with E-state index in [-0.39, 0.29) is 17.0 Å². The molecule has 0 saturated carbocycles. The first-order chi connectivity index (χ1) is 12.4. The number of hydrogen-bond donors (Lipinski definition) is 2. The predicted octanol–water partition coefficient (Wildman–Crippen LogP) is 1.66. The Morgan fingerprint density at radius 1 is 0.962 bits per heavy atom. The highest BCUT2D eigenvalue weighted by molar-refractivity contribution is 6.23. The molecule has 2 aromatic rings. The third kappa shape index (κ3) is 3.16. The number of fused-ring (bicyclic) bond motifs is 1. The van der Waals surface area contributed by atoms with E-state index in [0.717, 1.165) is 4.90 Å². The van der Waals surface area contributed by atoms with E-state index < -0.39 is 23.8 Å². The van der Waals surface area contributed by atoms with Crippen molar-refractivity contribution in [1.82, 2.24) is 9.88 Å². The van der Waals surface area contributed by atoms with Gasteiger partial charge in [0.1, 0.15) is 6.04 Å². The van der Waals surface area contributed by atoms with Crippen molar-refractivity contribution in [3.05, 3.63) is 53.9 Å². The Balaban J connectivity index is 1.72. The van der Waals surface area contributed by atoms with E-state index in [0.29, 0.717) is 11.4 Å². The van der Waals surface area contributed by atoms with Gasteiger partial charge in [0.05, 0.1) is 11.1 Å². The van der Waals surface area contributed by atoms with Gasteiger partial charge in [-0.3, -0.25) is 29.1 Å². The zero-order chi connectivity index (χ0) is 18.8. The molecule has 0 unspecified atom stereocenters. The fourth-order valence-corrected chi connectivity index (χ4v) is 2.66. The van der Waals surface area contributed by atoms with Crippen LogP contribution in [-0.2, 0) is 9.59 Å². The minimum atomic E-state index is -0.988. The van der Waals surface area contributed by atoms with Crippen molar-refractivity contribution in [3.8, 4) is 0 Å². The number of anilines is 2. The first-order valence-electron chi connectivity index (χ1n) is 7.89. The molecule has 2 heterocycles. The molecular formula is C18H16N4O4. The Labute approximate surface area is 149 Å². The van der Waals surface area contributed by atoms with Crippen LogP contribution in [0.2, 0.25) is 0 Å². The Hall–Kier alpha value is -3.55. The third-order valence-corrected chi connectivity index (χ3v) is 3.96. The van der Waals surface area contributed by atoms with Gasteiger partial charge in [-0.1, -0.05) is 0 Å². The number of aromatic nitrogens is 1. The number of carbonyl (C=O) groups excluding carboxylic acids is 4. The van der Waals surface area contributed by atoms with Gasteiger partial charge in [-0.25, -0.2) is 0 Å². The van der Waals surface area contributed by atoms with Crippen LogP contribution >= 0.6 is 0 Å². The topological polar surface area (TPSA) is 108 Å². The van der Waals surface area contributed by atoms with E-state index in [9.17, 15) is 19.2 Å². The SMILES string of the molecule is CC(=O)Nc1ccc(NC(=O)[C@@H](C)N2C(=O)c3ccncc3C2=O)cc1. The number of hydrogen-bond acceptors (Lipinski definition) is 5. The Morgan fingerprint density at radius 3 is 2.12 bits per heavy atom. The molecule has 2 N–H and O–H groups in total. The number of nitrogens with zero attached hydrogens (tertiary/aromatic N) is 2. The Kier molecular flexibility index (Phi) is 4.49. The number of carbonyl (C=O) groups is 4. The molecule has 0 spiro atoms. The van der Waals surface area contributed by atoms with Gasteiger partial charge in [0.15, 0.2) is 0 Å². The van der Waals surface area contributed by atoms with Crippen LogP contribution in [0.15, 0.2) is 42.7 Å². The molecule has 3 rings (SSSR count). The van der Waals surface area contributed by atoms with E-state index >= 15 is 0 Å². The summed E-state index contributed by atoms with van der Waals surface area (Å²) in [4.78, 5) is 53.1. The van der Waals surface area contributed by atoms with Gasteiger partial charge in [0, 0.05) is 30.7 Å². The molecule has 132 valence electrons. The third-order valence-electron chi connectivity index (χ3n) is 3.96. The van der Waals surface area contributed by atoms with Crippen molar-refractivity contribution in [2.45, 2.75) is 19.9 Å². The van der Waals surface area contributed by atoms with Crippen LogP contribution < -0.4 is 10.6 Å². The Morgan fingerprint density at radius 2 is 1.54 bits per heavy atom. The monoisotopic (exact) mass is 352 g/mol. The normalized spacial score (nSPS) is 14.0. The molecule has 0 fully saturated rings. The minimum Gasteiger partial charge on any atom is -0.326 e. The summed E-state index contributed by atoms with van der Waals surface area (Å²) in [5.74, 6) is -1.76. The minimum absolute atomic E-state index is 0.191. The maximum atomic E-state index is 12.5. The quantitative estimate of drug-likeness (QED) is 0.814. The molecule has 0 aliphatic carbocycles. The molecule has 1 aromatic heterocycles. The molecule has 1 atom stereocenters. The van der Waals surface area contributed by atoms with Gasteiger partial charge in [-0.05, 0) is 37.3 Å². The van der Waals surface area contributed by atoms with Gasteiger partial charge < -0.3 is 10.6 Å². The summed E-state index contributed by atoms with van der Waals surface area (Å²) in [6.45, 7) is 2.88. The molecule has 8 heteroatoms. The average molecular weight is 352 g/mol. The maximum absolute atomic E-state index is 12.5. The first-order valence-corrected chi connectivity index (χ1v) is 7.89. The van der Waals surface area contributed by atoms with Gasteiger partial charge in [0.25, 0.3) is 11.8 Å². The molecule has 0 radical (unpaired) electrons. The summed E-state index contributed by atoms with van der Waals surface area (Å²) >= 11 is 0. The van der Waals surface area contributed by atoms with Crippen LogP contribution in [0.5, 0.6) is 0 Å². The molecule has 1 aromatic carbocycles. The van der Waals surface area contributed by atoms with Crippen LogP contribution in [-0.4, -0.2) is 39.6 Å². The summed E-state index contributed by atoms with van der Waals surface area (Å²) in [5, 5.41) is 5.27. The predicted molar refractivity (Wildman–Crippen MR) is 93.6 cm³/mol. The van der Waals surface area contributed by atoms with Gasteiger partial charge in [0.2, 0.25) is 11.8 Å². The summed E-state index contributed by atoms with van der Waals surface area (Å²) < 4.78 is 0. The smallest absolute Gasteiger partial charge is 0.263 e. The standard InChI is InChI=1S/C18H16N4O4/c1-10(22-17(25)14-7-8-19-9-15(14)18(22)26)16(24)21-13-5-3-12(4-6-13)20-11(2)23/h3-10H,1-2H3,(H,20,23)(H,21,24)/t10-/m1/s1. The van der Waals surface area contributed by atoms with E-state index in [4.69, 9.17) is 0 Å². The van der Waals surface area contributed by atoms with Gasteiger partial charge >= 0.3 is 0 Å². The van der Waals surface area contributed by atoms with E-state index in [1.165, 1.54) is 32.3 Å². The number of nitrogens with one attached hydrogen (secondary N) is 2.